The molecule has 1 aromatic rings. The van der Waals surface area contributed by atoms with Gasteiger partial charge in [-0.05, 0) is 24.3 Å². The number of carbonyl (C=O) groups excluding carboxylic acids is 1. The smallest absolute Gasteiger partial charge is 0.249 e. The summed E-state index contributed by atoms with van der Waals surface area (Å²) >= 11 is 0. The summed E-state index contributed by atoms with van der Waals surface area (Å²) in [7, 11) is 0. The lowest BCUT2D eigenvalue weighted by Gasteiger charge is -2.22. The fraction of sp³-hybridized carbons (Fsp3) is 0.533. The van der Waals surface area contributed by atoms with E-state index in [9.17, 15) is 4.79 Å². The maximum Gasteiger partial charge on any atom is 0.249 e. The van der Waals surface area contributed by atoms with E-state index in [1.165, 1.54) is 0 Å². The van der Waals surface area contributed by atoms with Crippen molar-refractivity contribution in [3.05, 3.63) is 35.9 Å². The molecule has 1 aliphatic rings. The van der Waals surface area contributed by atoms with E-state index in [-0.39, 0.29) is 30.6 Å². The van der Waals surface area contributed by atoms with Crippen molar-refractivity contribution >= 4 is 5.91 Å². The van der Waals surface area contributed by atoms with Crippen molar-refractivity contribution in [3.8, 4) is 0 Å². The second-order valence-electron chi connectivity index (χ2n) is 5.04. The molecular formula is C15H21NO3. The molecule has 1 heterocycles. The normalized spacial score (nSPS) is 24.1. The zero-order chi connectivity index (χ0) is 13.7. The Balaban J connectivity index is 2.02. The molecule has 0 aliphatic carbocycles. The van der Waals surface area contributed by atoms with E-state index in [1.54, 1.807) is 0 Å². The van der Waals surface area contributed by atoms with Gasteiger partial charge in [-0.2, -0.15) is 0 Å². The summed E-state index contributed by atoms with van der Waals surface area (Å²) in [4.78, 5) is 12.2. The summed E-state index contributed by atoms with van der Waals surface area (Å²) < 4.78 is 5.47. The third kappa shape index (κ3) is 3.55. The average Bonchev–Trinajstić information content (AvgIpc) is 2.85. The number of carbonyl (C=O) groups is 1. The Morgan fingerprint density at radius 2 is 2.21 bits per heavy atom. The number of hydrogen-bond acceptors (Lipinski definition) is 3. The number of aliphatic hydroxyl groups excluding tert-OH is 1. The number of nitrogens with one attached hydrogen (secondary N) is 1. The molecule has 19 heavy (non-hydrogen) atoms. The number of hydrogen-bond donors (Lipinski definition) is 2. The van der Waals surface area contributed by atoms with Crippen LogP contribution in [0.3, 0.4) is 0 Å². The molecule has 4 heteroatoms. The maximum absolute atomic E-state index is 12.2. The molecule has 0 saturated carbocycles. The molecule has 0 radical (unpaired) electrons. The molecule has 4 nitrogen and oxygen atoms in total. The van der Waals surface area contributed by atoms with Crippen LogP contribution in [0.4, 0.5) is 0 Å². The van der Waals surface area contributed by atoms with Gasteiger partial charge in [-0.15, -0.1) is 0 Å². The standard InChI is InChI=1S/C15H21NO3/c1-11-8-10-19-14(11)15(18)16-13(7-9-17)12-5-3-2-4-6-12/h2-6,11,13-14,17H,7-10H2,1H3,(H,16,18). The van der Waals surface area contributed by atoms with Gasteiger partial charge in [0, 0.05) is 13.2 Å². The number of aliphatic hydroxyl groups is 1. The second-order valence-corrected chi connectivity index (χ2v) is 5.04. The molecule has 1 saturated heterocycles. The Morgan fingerprint density at radius 3 is 2.79 bits per heavy atom. The second kappa shape index (κ2) is 6.68. The van der Waals surface area contributed by atoms with E-state index in [1.807, 2.05) is 37.3 Å². The summed E-state index contributed by atoms with van der Waals surface area (Å²) in [5, 5.41) is 12.1. The molecule has 1 amide bonds. The van der Waals surface area contributed by atoms with Gasteiger partial charge in [0.25, 0.3) is 0 Å². The molecule has 0 spiro atoms. The van der Waals surface area contributed by atoms with Crippen LogP contribution < -0.4 is 5.32 Å². The van der Waals surface area contributed by atoms with E-state index in [0.29, 0.717) is 13.0 Å². The minimum atomic E-state index is -0.357. The zero-order valence-electron chi connectivity index (χ0n) is 11.2. The fourth-order valence-corrected chi connectivity index (χ4v) is 2.42. The monoisotopic (exact) mass is 263 g/mol. The highest BCUT2D eigenvalue weighted by Gasteiger charge is 2.32. The number of ether oxygens (including phenoxy) is 1. The van der Waals surface area contributed by atoms with Crippen LogP contribution in [-0.4, -0.2) is 30.3 Å². The van der Waals surface area contributed by atoms with Crippen LogP contribution in [0.25, 0.3) is 0 Å². The first-order valence-electron chi connectivity index (χ1n) is 6.80. The minimum Gasteiger partial charge on any atom is -0.396 e. The Kier molecular flexibility index (Phi) is 4.93. The first kappa shape index (κ1) is 14.0. The van der Waals surface area contributed by atoms with E-state index in [4.69, 9.17) is 9.84 Å². The quantitative estimate of drug-likeness (QED) is 0.849. The predicted molar refractivity (Wildman–Crippen MR) is 72.5 cm³/mol. The van der Waals surface area contributed by atoms with Gasteiger partial charge in [-0.3, -0.25) is 4.79 Å². The lowest BCUT2D eigenvalue weighted by molar-refractivity contribution is -0.132. The van der Waals surface area contributed by atoms with Crippen LogP contribution in [0, 0.1) is 5.92 Å². The molecular weight excluding hydrogens is 242 g/mol. The van der Waals surface area contributed by atoms with E-state index < -0.39 is 0 Å². The SMILES string of the molecule is CC1CCOC1C(=O)NC(CCO)c1ccccc1. The number of benzene rings is 1. The first-order valence-corrected chi connectivity index (χ1v) is 6.80. The van der Waals surface area contributed by atoms with E-state index >= 15 is 0 Å². The van der Waals surface area contributed by atoms with Gasteiger partial charge >= 0.3 is 0 Å². The molecule has 3 unspecified atom stereocenters. The average molecular weight is 263 g/mol. The molecule has 0 aromatic heterocycles. The van der Waals surface area contributed by atoms with Gasteiger partial charge in [0.05, 0.1) is 6.04 Å². The van der Waals surface area contributed by atoms with Crippen LogP contribution in [0.15, 0.2) is 30.3 Å². The van der Waals surface area contributed by atoms with Crippen LogP contribution in [0.5, 0.6) is 0 Å². The van der Waals surface area contributed by atoms with Crippen LogP contribution in [0.2, 0.25) is 0 Å². The molecule has 2 rings (SSSR count). The fourth-order valence-electron chi connectivity index (χ4n) is 2.42. The summed E-state index contributed by atoms with van der Waals surface area (Å²) in [6, 6.07) is 9.55. The number of rotatable bonds is 5. The molecule has 1 aromatic carbocycles. The Bertz CT molecular complexity index is 407. The maximum atomic E-state index is 12.2. The van der Waals surface area contributed by atoms with Crippen LogP contribution >= 0.6 is 0 Å². The van der Waals surface area contributed by atoms with Crippen molar-refractivity contribution in [1.82, 2.24) is 5.32 Å². The van der Waals surface area contributed by atoms with Crippen molar-refractivity contribution < 1.29 is 14.6 Å². The molecule has 3 atom stereocenters. The topological polar surface area (TPSA) is 58.6 Å². The van der Waals surface area contributed by atoms with Crippen molar-refractivity contribution in [2.75, 3.05) is 13.2 Å². The van der Waals surface area contributed by atoms with Crippen molar-refractivity contribution in [3.63, 3.8) is 0 Å². The van der Waals surface area contributed by atoms with Gasteiger partial charge in [-0.25, -0.2) is 0 Å². The van der Waals surface area contributed by atoms with Crippen molar-refractivity contribution in [1.29, 1.82) is 0 Å². The molecule has 0 bridgehead atoms. The summed E-state index contributed by atoms with van der Waals surface area (Å²) in [5.74, 6) is 0.179. The predicted octanol–water partition coefficient (Wildman–Crippen LogP) is 1.65. The van der Waals surface area contributed by atoms with Crippen LogP contribution in [0.1, 0.15) is 31.4 Å². The Labute approximate surface area is 113 Å². The van der Waals surface area contributed by atoms with Gasteiger partial charge in [0.2, 0.25) is 5.91 Å². The van der Waals surface area contributed by atoms with E-state index in [0.717, 1.165) is 12.0 Å². The minimum absolute atomic E-state index is 0.0426. The Hall–Kier alpha value is -1.39. The Morgan fingerprint density at radius 1 is 1.47 bits per heavy atom. The van der Waals surface area contributed by atoms with Gasteiger partial charge in [0.1, 0.15) is 6.10 Å². The lowest BCUT2D eigenvalue weighted by Crippen LogP contribution is -2.39. The summed E-state index contributed by atoms with van der Waals surface area (Å²) in [6.07, 6.45) is 1.08. The summed E-state index contributed by atoms with van der Waals surface area (Å²) in [5.41, 5.74) is 1.01. The molecule has 104 valence electrons. The molecule has 1 fully saturated rings. The number of amides is 1. The first-order chi connectivity index (χ1) is 9.22. The van der Waals surface area contributed by atoms with Crippen molar-refractivity contribution in [2.45, 2.75) is 31.9 Å². The van der Waals surface area contributed by atoms with Gasteiger partial charge in [-0.1, -0.05) is 37.3 Å². The highest BCUT2D eigenvalue weighted by Crippen LogP contribution is 2.22. The van der Waals surface area contributed by atoms with Gasteiger partial charge in [0.15, 0.2) is 0 Å². The zero-order valence-corrected chi connectivity index (χ0v) is 11.2. The highest BCUT2D eigenvalue weighted by atomic mass is 16.5. The molecule has 1 aliphatic heterocycles. The molecule has 2 N–H and O–H groups in total. The van der Waals surface area contributed by atoms with Gasteiger partial charge < -0.3 is 15.2 Å². The lowest BCUT2D eigenvalue weighted by atomic mass is 10.0. The summed E-state index contributed by atoms with van der Waals surface area (Å²) in [6.45, 7) is 2.72. The third-order valence-electron chi connectivity index (χ3n) is 3.58. The largest absolute Gasteiger partial charge is 0.396 e. The highest BCUT2D eigenvalue weighted by molar-refractivity contribution is 5.81. The van der Waals surface area contributed by atoms with Crippen molar-refractivity contribution in [2.24, 2.45) is 5.92 Å². The van der Waals surface area contributed by atoms with E-state index in [2.05, 4.69) is 5.32 Å². The van der Waals surface area contributed by atoms with Crippen LogP contribution in [-0.2, 0) is 9.53 Å². The third-order valence-corrected chi connectivity index (χ3v) is 3.58.